The van der Waals surface area contributed by atoms with E-state index in [0.717, 1.165) is 0 Å². The maximum atomic E-state index is 2.58. The molecular weight excluding hydrogens is 127 g/mol. The van der Waals surface area contributed by atoms with Crippen molar-refractivity contribution >= 4 is 7.26 Å². The molecule has 0 radical (unpaired) electrons. The van der Waals surface area contributed by atoms with E-state index in [2.05, 4.69) is 13.6 Å². The Kier molecular flexibility index (Phi) is 2.52. The molecule has 9 heavy (non-hydrogen) atoms. The van der Waals surface area contributed by atoms with Gasteiger partial charge in [0.05, 0.1) is 0 Å². The van der Waals surface area contributed by atoms with Crippen LogP contribution in [0.4, 0.5) is 0 Å². The molecule has 0 nitrogen and oxygen atoms in total. The van der Waals surface area contributed by atoms with Gasteiger partial charge in [0.15, 0.2) is 0 Å². The molecule has 1 heterocycles. The molecule has 1 fully saturated rings. The number of rotatable bonds is 1. The normalized spacial score (nSPS) is 29.6. The van der Waals surface area contributed by atoms with E-state index < -0.39 is 7.26 Å². The zero-order valence-corrected chi connectivity index (χ0v) is 7.74. The summed E-state index contributed by atoms with van der Waals surface area (Å²) < 4.78 is 0. The molecule has 0 spiro atoms. The average Bonchev–Trinajstić information content (AvgIpc) is 1.90. The van der Waals surface area contributed by atoms with Gasteiger partial charge in [-0.2, -0.15) is 0 Å². The Bertz CT molecular complexity index is 82.6. The average molecular weight is 146 g/mol. The van der Waals surface area contributed by atoms with Crippen molar-refractivity contribution < 1.29 is 0 Å². The zero-order chi connectivity index (χ0) is 6.74. The molecule has 56 valence electrons. The molecule has 1 rings (SSSR count). The Morgan fingerprint density at radius 3 is 2.00 bits per heavy atom. The Labute approximate surface area is 59.4 Å². The fourth-order valence-electron chi connectivity index (χ4n) is 1.76. The van der Waals surface area contributed by atoms with Crippen LogP contribution in [0.5, 0.6) is 0 Å². The first-order valence-electron chi connectivity index (χ1n) is 4.27. The van der Waals surface area contributed by atoms with Gasteiger partial charge in [-0.05, 0) is 0 Å². The van der Waals surface area contributed by atoms with Gasteiger partial charge < -0.3 is 0 Å². The first kappa shape index (κ1) is 7.54. The molecule has 0 atom stereocenters. The van der Waals surface area contributed by atoms with Crippen LogP contribution in [0.25, 0.3) is 0 Å². The van der Waals surface area contributed by atoms with Gasteiger partial charge in [0.25, 0.3) is 0 Å². The van der Waals surface area contributed by atoms with Gasteiger partial charge in [-0.3, -0.25) is 0 Å². The van der Waals surface area contributed by atoms with Crippen molar-refractivity contribution in [2.75, 3.05) is 25.2 Å². The van der Waals surface area contributed by atoms with Crippen LogP contribution in [-0.2, 0) is 0 Å². The second-order valence-corrected chi connectivity index (χ2v) is 9.05. The van der Waals surface area contributed by atoms with Crippen LogP contribution in [0.1, 0.15) is 26.2 Å². The van der Waals surface area contributed by atoms with Gasteiger partial charge in [0, 0.05) is 0 Å². The SMILES string of the molecule is CC[PH]1(C)CCCCC1. The molecule has 0 aromatic carbocycles. The van der Waals surface area contributed by atoms with Gasteiger partial charge in [-0.1, -0.05) is 0 Å². The molecule has 0 unspecified atom stereocenters. The molecule has 1 aliphatic heterocycles. The summed E-state index contributed by atoms with van der Waals surface area (Å²) in [6.07, 6.45) is 9.34. The Morgan fingerprint density at radius 2 is 1.67 bits per heavy atom. The first-order chi connectivity index (χ1) is 4.27. The summed E-state index contributed by atoms with van der Waals surface area (Å²) in [6, 6.07) is 0. The van der Waals surface area contributed by atoms with Crippen LogP contribution < -0.4 is 0 Å². The van der Waals surface area contributed by atoms with Crippen LogP contribution in [0.15, 0.2) is 0 Å². The van der Waals surface area contributed by atoms with E-state index in [4.69, 9.17) is 0 Å². The Balaban J connectivity index is 2.37. The van der Waals surface area contributed by atoms with E-state index in [1.165, 1.54) is 25.4 Å². The monoisotopic (exact) mass is 146 g/mol. The Morgan fingerprint density at radius 1 is 1.11 bits per heavy atom. The fourth-order valence-corrected chi connectivity index (χ4v) is 4.92. The first-order valence-corrected chi connectivity index (χ1v) is 7.39. The molecule has 1 heteroatoms. The molecule has 0 N–H and O–H groups in total. The van der Waals surface area contributed by atoms with Crippen molar-refractivity contribution in [2.45, 2.75) is 26.2 Å². The number of hydrogen-bond donors (Lipinski definition) is 0. The summed E-state index contributed by atoms with van der Waals surface area (Å²) in [7, 11) is -0.611. The van der Waals surface area contributed by atoms with Crippen LogP contribution in [0.2, 0.25) is 0 Å². The van der Waals surface area contributed by atoms with E-state index in [1.54, 1.807) is 12.3 Å². The molecule has 1 saturated heterocycles. The van der Waals surface area contributed by atoms with Crippen molar-refractivity contribution in [1.82, 2.24) is 0 Å². The Hall–Kier alpha value is 0.430. The van der Waals surface area contributed by atoms with Gasteiger partial charge in [0.1, 0.15) is 0 Å². The van der Waals surface area contributed by atoms with Gasteiger partial charge in [0.2, 0.25) is 0 Å². The summed E-state index contributed by atoms with van der Waals surface area (Å²) in [5, 5.41) is 0. The van der Waals surface area contributed by atoms with E-state index in [-0.39, 0.29) is 0 Å². The molecule has 0 aromatic heterocycles. The van der Waals surface area contributed by atoms with Crippen LogP contribution >= 0.6 is 7.26 Å². The molecule has 0 saturated carbocycles. The third-order valence-corrected chi connectivity index (χ3v) is 7.74. The van der Waals surface area contributed by atoms with Crippen molar-refractivity contribution in [2.24, 2.45) is 0 Å². The number of hydrogen-bond acceptors (Lipinski definition) is 0. The molecular formula is C8H19P. The van der Waals surface area contributed by atoms with Crippen LogP contribution in [-0.4, -0.2) is 25.2 Å². The zero-order valence-electron chi connectivity index (χ0n) is 6.74. The van der Waals surface area contributed by atoms with Crippen molar-refractivity contribution in [3.05, 3.63) is 0 Å². The van der Waals surface area contributed by atoms with Crippen molar-refractivity contribution in [3.8, 4) is 0 Å². The standard InChI is InChI=1S/C8H19P/c1-3-9(2)7-5-4-6-8-9/h9H,3-8H2,1-2H3. The van der Waals surface area contributed by atoms with Gasteiger partial charge >= 0.3 is 58.6 Å². The van der Waals surface area contributed by atoms with Crippen LogP contribution in [0.3, 0.4) is 0 Å². The van der Waals surface area contributed by atoms with Crippen LogP contribution in [0, 0.1) is 0 Å². The predicted octanol–water partition coefficient (Wildman–Crippen LogP) is 2.57. The van der Waals surface area contributed by atoms with Gasteiger partial charge in [-0.15, -0.1) is 0 Å². The summed E-state index contributed by atoms with van der Waals surface area (Å²) in [4.78, 5) is 0. The van der Waals surface area contributed by atoms with E-state index in [9.17, 15) is 0 Å². The minimum absolute atomic E-state index is 0.611. The molecule has 0 aromatic rings. The minimum atomic E-state index is -0.611. The quantitative estimate of drug-likeness (QED) is 0.499. The summed E-state index contributed by atoms with van der Waals surface area (Å²) in [5.41, 5.74) is 0. The predicted molar refractivity (Wildman–Crippen MR) is 48.4 cm³/mol. The van der Waals surface area contributed by atoms with E-state index in [0.29, 0.717) is 0 Å². The molecule has 0 amide bonds. The van der Waals surface area contributed by atoms with Gasteiger partial charge in [-0.25, -0.2) is 0 Å². The fraction of sp³-hybridized carbons (Fsp3) is 1.00. The maximum absolute atomic E-state index is 2.58. The molecule has 1 aliphatic rings. The van der Waals surface area contributed by atoms with Crippen molar-refractivity contribution in [3.63, 3.8) is 0 Å². The van der Waals surface area contributed by atoms with E-state index in [1.807, 2.05) is 0 Å². The third-order valence-electron chi connectivity index (χ3n) is 2.91. The molecule has 0 bridgehead atoms. The summed E-state index contributed by atoms with van der Waals surface area (Å²) in [6.45, 7) is 4.96. The second-order valence-electron chi connectivity index (χ2n) is 3.72. The second kappa shape index (κ2) is 3.01. The van der Waals surface area contributed by atoms with Crippen molar-refractivity contribution in [1.29, 1.82) is 0 Å². The topological polar surface area (TPSA) is 0 Å². The molecule has 0 aliphatic carbocycles. The third kappa shape index (κ3) is 1.93. The summed E-state index contributed by atoms with van der Waals surface area (Å²) >= 11 is 0. The summed E-state index contributed by atoms with van der Waals surface area (Å²) in [5.74, 6) is 0. The van der Waals surface area contributed by atoms with E-state index >= 15 is 0 Å².